The third-order valence-electron chi connectivity index (χ3n) is 1.84. The predicted octanol–water partition coefficient (Wildman–Crippen LogP) is 4.23. The van der Waals surface area contributed by atoms with Crippen LogP contribution in [-0.2, 0) is 6.61 Å². The molecule has 78 valence electrons. The van der Waals surface area contributed by atoms with E-state index in [0.29, 0.717) is 12.4 Å². The Morgan fingerprint density at radius 1 is 1.20 bits per heavy atom. The monoisotopic (exact) mass is 286 g/mol. The predicted molar refractivity (Wildman–Crippen MR) is 62.8 cm³/mol. The summed E-state index contributed by atoms with van der Waals surface area (Å²) in [5.74, 6) is -0.0323. The van der Waals surface area contributed by atoms with Crippen molar-refractivity contribution in [2.45, 2.75) is 6.61 Å². The van der Waals surface area contributed by atoms with Crippen molar-refractivity contribution in [1.82, 2.24) is 0 Å². The molecule has 1 aromatic carbocycles. The molecule has 0 amide bonds. The Morgan fingerprint density at radius 2 is 2.00 bits per heavy atom. The van der Waals surface area contributed by atoms with E-state index in [4.69, 9.17) is 4.74 Å². The van der Waals surface area contributed by atoms with Crippen LogP contribution in [0.1, 0.15) is 4.88 Å². The van der Waals surface area contributed by atoms with Gasteiger partial charge in [-0.1, -0.05) is 12.1 Å². The maximum atomic E-state index is 13.2. The van der Waals surface area contributed by atoms with Crippen molar-refractivity contribution in [2.75, 3.05) is 0 Å². The molecule has 0 radical (unpaired) electrons. The van der Waals surface area contributed by atoms with Gasteiger partial charge < -0.3 is 4.74 Å². The van der Waals surface area contributed by atoms with Gasteiger partial charge in [-0.25, -0.2) is 4.39 Å². The molecule has 15 heavy (non-hydrogen) atoms. The number of benzene rings is 1. The molecule has 0 saturated carbocycles. The summed E-state index contributed by atoms with van der Waals surface area (Å²) in [6.45, 7) is 0.400. The molecular weight excluding hydrogens is 279 g/mol. The van der Waals surface area contributed by atoms with E-state index in [2.05, 4.69) is 15.9 Å². The van der Waals surface area contributed by atoms with Gasteiger partial charge in [-0.15, -0.1) is 11.3 Å². The topological polar surface area (TPSA) is 9.23 Å². The molecule has 0 unspecified atom stereocenters. The SMILES string of the molecule is Fc1ccccc1OCc1ccc(Br)s1. The zero-order chi connectivity index (χ0) is 10.7. The second-order valence-electron chi connectivity index (χ2n) is 2.92. The minimum atomic E-state index is -0.326. The lowest BCUT2D eigenvalue weighted by Crippen LogP contribution is -1.94. The Balaban J connectivity index is 2.02. The molecule has 0 N–H and O–H groups in total. The van der Waals surface area contributed by atoms with Crippen LogP contribution in [-0.4, -0.2) is 0 Å². The van der Waals surface area contributed by atoms with E-state index in [1.165, 1.54) is 6.07 Å². The van der Waals surface area contributed by atoms with Crippen LogP contribution in [0.3, 0.4) is 0 Å². The van der Waals surface area contributed by atoms with Crippen molar-refractivity contribution in [1.29, 1.82) is 0 Å². The van der Waals surface area contributed by atoms with Crippen LogP contribution in [0.5, 0.6) is 5.75 Å². The van der Waals surface area contributed by atoms with E-state index in [-0.39, 0.29) is 5.82 Å². The molecule has 0 spiro atoms. The van der Waals surface area contributed by atoms with E-state index in [9.17, 15) is 4.39 Å². The van der Waals surface area contributed by atoms with E-state index < -0.39 is 0 Å². The van der Waals surface area contributed by atoms with Crippen LogP contribution in [0.4, 0.5) is 4.39 Å². The molecule has 0 saturated heterocycles. The molecule has 0 aliphatic heterocycles. The van der Waals surface area contributed by atoms with E-state index in [1.54, 1.807) is 29.5 Å². The summed E-state index contributed by atoms with van der Waals surface area (Å²) in [5, 5.41) is 0. The summed E-state index contributed by atoms with van der Waals surface area (Å²) in [4.78, 5) is 1.06. The van der Waals surface area contributed by atoms with E-state index in [0.717, 1.165) is 8.66 Å². The van der Waals surface area contributed by atoms with Gasteiger partial charge in [0.15, 0.2) is 11.6 Å². The van der Waals surface area contributed by atoms with Crippen LogP contribution < -0.4 is 4.74 Å². The minimum Gasteiger partial charge on any atom is -0.485 e. The molecule has 1 aromatic heterocycles. The minimum absolute atomic E-state index is 0.294. The first kappa shape index (κ1) is 10.6. The van der Waals surface area contributed by atoms with E-state index in [1.807, 2.05) is 12.1 Å². The van der Waals surface area contributed by atoms with E-state index >= 15 is 0 Å². The van der Waals surface area contributed by atoms with Gasteiger partial charge in [0, 0.05) is 4.88 Å². The van der Waals surface area contributed by atoms with Gasteiger partial charge in [0.2, 0.25) is 0 Å². The van der Waals surface area contributed by atoms with Crippen molar-refractivity contribution in [3.8, 4) is 5.75 Å². The fourth-order valence-electron chi connectivity index (χ4n) is 1.14. The summed E-state index contributed by atoms with van der Waals surface area (Å²) < 4.78 is 19.6. The van der Waals surface area contributed by atoms with Gasteiger partial charge in [0.05, 0.1) is 3.79 Å². The average Bonchev–Trinajstić information content (AvgIpc) is 2.63. The molecule has 1 heterocycles. The first-order valence-corrected chi connectivity index (χ1v) is 5.98. The molecule has 0 aliphatic carbocycles. The summed E-state index contributed by atoms with van der Waals surface area (Å²) in [7, 11) is 0. The summed E-state index contributed by atoms with van der Waals surface area (Å²) >= 11 is 4.94. The lowest BCUT2D eigenvalue weighted by atomic mass is 10.3. The average molecular weight is 287 g/mol. The van der Waals surface area contributed by atoms with Gasteiger partial charge in [0.1, 0.15) is 6.61 Å². The highest BCUT2D eigenvalue weighted by molar-refractivity contribution is 9.11. The molecule has 2 aromatic rings. The standard InChI is InChI=1S/C11H8BrFOS/c12-11-6-5-8(15-11)7-14-10-4-2-1-3-9(10)13/h1-6H,7H2. The molecule has 2 rings (SSSR count). The smallest absolute Gasteiger partial charge is 0.165 e. The van der Waals surface area contributed by atoms with Crippen molar-refractivity contribution in [2.24, 2.45) is 0 Å². The van der Waals surface area contributed by atoms with Gasteiger partial charge in [0.25, 0.3) is 0 Å². The number of hydrogen-bond acceptors (Lipinski definition) is 2. The van der Waals surface area contributed by atoms with Crippen molar-refractivity contribution in [3.05, 3.63) is 50.9 Å². The normalized spacial score (nSPS) is 10.3. The maximum Gasteiger partial charge on any atom is 0.165 e. The van der Waals surface area contributed by atoms with Crippen molar-refractivity contribution >= 4 is 27.3 Å². The zero-order valence-corrected chi connectivity index (χ0v) is 10.1. The molecule has 0 bridgehead atoms. The van der Waals surface area contributed by atoms with Crippen LogP contribution in [0.15, 0.2) is 40.2 Å². The summed E-state index contributed by atoms with van der Waals surface area (Å²) in [6.07, 6.45) is 0. The first-order valence-electron chi connectivity index (χ1n) is 4.37. The zero-order valence-electron chi connectivity index (χ0n) is 7.74. The molecular formula is C11H8BrFOS. The van der Waals surface area contributed by atoms with Crippen LogP contribution in [0.2, 0.25) is 0 Å². The summed E-state index contributed by atoms with van der Waals surface area (Å²) in [5.41, 5.74) is 0. The Labute approximate surface area is 99.6 Å². The highest BCUT2D eigenvalue weighted by Gasteiger charge is 2.03. The van der Waals surface area contributed by atoms with Crippen molar-refractivity contribution < 1.29 is 9.13 Å². The number of hydrogen-bond donors (Lipinski definition) is 0. The third kappa shape index (κ3) is 2.79. The number of para-hydroxylation sites is 1. The highest BCUT2D eigenvalue weighted by atomic mass is 79.9. The van der Waals surface area contributed by atoms with Gasteiger partial charge in [-0.3, -0.25) is 0 Å². The second-order valence-corrected chi connectivity index (χ2v) is 5.47. The van der Waals surface area contributed by atoms with Gasteiger partial charge in [-0.05, 0) is 40.2 Å². The number of halogens is 2. The number of thiophene rings is 1. The largest absolute Gasteiger partial charge is 0.485 e. The second kappa shape index (κ2) is 4.77. The van der Waals surface area contributed by atoms with Gasteiger partial charge in [-0.2, -0.15) is 0 Å². The lowest BCUT2D eigenvalue weighted by molar-refractivity contribution is 0.293. The lowest BCUT2D eigenvalue weighted by Gasteiger charge is -2.04. The molecule has 0 aliphatic rings. The van der Waals surface area contributed by atoms with Gasteiger partial charge >= 0.3 is 0 Å². The Hall–Kier alpha value is -0.870. The Kier molecular flexibility index (Phi) is 3.38. The maximum absolute atomic E-state index is 13.2. The van der Waals surface area contributed by atoms with Crippen LogP contribution >= 0.6 is 27.3 Å². The number of rotatable bonds is 3. The summed E-state index contributed by atoms with van der Waals surface area (Å²) in [6, 6.07) is 10.3. The van der Waals surface area contributed by atoms with Crippen LogP contribution in [0.25, 0.3) is 0 Å². The molecule has 4 heteroatoms. The quantitative estimate of drug-likeness (QED) is 0.821. The fraction of sp³-hybridized carbons (Fsp3) is 0.0909. The Morgan fingerprint density at radius 3 is 2.67 bits per heavy atom. The fourth-order valence-corrected chi connectivity index (χ4v) is 2.54. The first-order chi connectivity index (χ1) is 7.25. The molecule has 0 atom stereocenters. The third-order valence-corrected chi connectivity index (χ3v) is 3.43. The number of ether oxygens (including phenoxy) is 1. The molecule has 0 fully saturated rings. The highest BCUT2D eigenvalue weighted by Crippen LogP contribution is 2.24. The van der Waals surface area contributed by atoms with Crippen LogP contribution in [0, 0.1) is 5.82 Å². The Bertz CT molecular complexity index is 455. The molecule has 1 nitrogen and oxygen atoms in total. The van der Waals surface area contributed by atoms with Crippen molar-refractivity contribution in [3.63, 3.8) is 0 Å².